The van der Waals surface area contributed by atoms with E-state index >= 15 is 0 Å². The number of alkyl halides is 3. The monoisotopic (exact) mass is 482 g/mol. The van der Waals surface area contributed by atoms with Gasteiger partial charge in [-0.25, -0.2) is 4.79 Å². The third-order valence-electron chi connectivity index (χ3n) is 4.07. The van der Waals surface area contributed by atoms with Crippen molar-refractivity contribution in [2.75, 3.05) is 17.7 Å². The van der Waals surface area contributed by atoms with Gasteiger partial charge in [0.2, 0.25) is 0 Å². The van der Waals surface area contributed by atoms with Gasteiger partial charge in [0, 0.05) is 30.7 Å². The molecule has 0 bridgehead atoms. The van der Waals surface area contributed by atoms with E-state index in [4.69, 9.17) is 16.3 Å². The van der Waals surface area contributed by atoms with Crippen molar-refractivity contribution in [2.24, 2.45) is 0 Å². The molecule has 33 heavy (non-hydrogen) atoms. The van der Waals surface area contributed by atoms with E-state index in [9.17, 15) is 22.8 Å². The topological polar surface area (TPSA) is 124 Å². The Morgan fingerprint density at radius 2 is 1.58 bits per heavy atom. The molecule has 0 aliphatic heterocycles. The summed E-state index contributed by atoms with van der Waals surface area (Å²) < 4.78 is 44.5. The minimum atomic E-state index is -4.64. The molecule has 1 aromatic heterocycles. The Labute approximate surface area is 191 Å². The van der Waals surface area contributed by atoms with E-state index in [1.165, 1.54) is 25.4 Å². The molecule has 3 amide bonds. The number of anilines is 2. The fraction of sp³-hybridized carbons (Fsp3) is 0.0952. The molecule has 12 heteroatoms. The zero-order valence-electron chi connectivity index (χ0n) is 17.0. The summed E-state index contributed by atoms with van der Waals surface area (Å²) in [5.41, 5.74) is -0.547. The Bertz CT molecular complexity index is 1140. The van der Waals surface area contributed by atoms with Crippen LogP contribution in [0.1, 0.15) is 16.1 Å². The lowest BCUT2D eigenvalue weighted by Gasteiger charge is -2.12. The molecule has 0 radical (unpaired) electrons. The van der Waals surface area contributed by atoms with Gasteiger partial charge in [-0.05, 0) is 48.5 Å². The number of rotatable bonds is 5. The van der Waals surface area contributed by atoms with E-state index in [1.807, 2.05) is 0 Å². The first-order valence-corrected chi connectivity index (χ1v) is 9.44. The highest BCUT2D eigenvalue weighted by molar-refractivity contribution is 6.31. The highest BCUT2D eigenvalue weighted by Gasteiger charge is 2.33. The summed E-state index contributed by atoms with van der Waals surface area (Å²) in [5, 5.41) is 6.83. The van der Waals surface area contributed by atoms with Gasteiger partial charge >= 0.3 is 12.2 Å². The zero-order valence-corrected chi connectivity index (χ0v) is 17.7. The van der Waals surface area contributed by atoms with Crippen molar-refractivity contribution < 1.29 is 33.0 Å². The van der Waals surface area contributed by atoms with E-state index in [1.54, 1.807) is 30.3 Å². The van der Waals surface area contributed by atoms with Crippen LogP contribution in [-0.4, -0.2) is 29.4 Å². The van der Waals surface area contributed by atoms with Crippen molar-refractivity contribution in [2.45, 2.75) is 6.18 Å². The number of nitrogens with one attached hydrogen (secondary N) is 3. The maximum Gasteiger partial charge on any atom is 0.417 e. The molecular weight excluding hydrogens is 465 g/mol. The van der Waals surface area contributed by atoms with Gasteiger partial charge in [-0.3, -0.25) is 9.78 Å². The summed E-state index contributed by atoms with van der Waals surface area (Å²) >= 11 is 5.57. The third-order valence-corrected chi connectivity index (χ3v) is 4.40. The fourth-order valence-corrected chi connectivity index (χ4v) is 2.81. The fourth-order valence-electron chi connectivity index (χ4n) is 2.58. The average molecular weight is 483 g/mol. The van der Waals surface area contributed by atoms with E-state index in [-0.39, 0.29) is 22.8 Å². The Balaban J connectivity index is 0.00000385. The summed E-state index contributed by atoms with van der Waals surface area (Å²) in [6.07, 6.45) is -3.21. The number of aromatic nitrogens is 1. The number of urea groups is 1. The molecule has 0 atom stereocenters. The quantitative estimate of drug-likeness (QED) is 0.486. The first kappa shape index (κ1) is 25.4. The second-order valence-corrected chi connectivity index (χ2v) is 6.76. The predicted molar refractivity (Wildman–Crippen MR) is 117 cm³/mol. The van der Waals surface area contributed by atoms with Crippen molar-refractivity contribution in [3.8, 4) is 11.5 Å². The van der Waals surface area contributed by atoms with Gasteiger partial charge < -0.3 is 26.2 Å². The Morgan fingerprint density at radius 1 is 0.939 bits per heavy atom. The van der Waals surface area contributed by atoms with E-state index in [0.29, 0.717) is 17.2 Å². The number of hydrogen-bond donors (Lipinski definition) is 3. The number of ether oxygens (including phenoxy) is 1. The first-order valence-electron chi connectivity index (χ1n) is 9.06. The van der Waals surface area contributed by atoms with Crippen molar-refractivity contribution >= 4 is 34.9 Å². The summed E-state index contributed by atoms with van der Waals surface area (Å²) in [4.78, 5) is 27.7. The second kappa shape index (κ2) is 10.7. The number of pyridine rings is 1. The molecule has 3 rings (SSSR count). The van der Waals surface area contributed by atoms with Gasteiger partial charge in [0.05, 0.1) is 10.6 Å². The number of nitrogens with zero attached hydrogens (tertiary/aromatic N) is 1. The molecule has 5 N–H and O–H groups in total. The number of halogens is 4. The van der Waals surface area contributed by atoms with Crippen LogP contribution in [0.3, 0.4) is 0 Å². The minimum absolute atomic E-state index is 0. The minimum Gasteiger partial charge on any atom is -0.457 e. The van der Waals surface area contributed by atoms with Crippen molar-refractivity contribution in [1.82, 2.24) is 10.3 Å². The van der Waals surface area contributed by atoms with Gasteiger partial charge in [-0.2, -0.15) is 13.2 Å². The lowest BCUT2D eigenvalue weighted by molar-refractivity contribution is -0.137. The first-order chi connectivity index (χ1) is 15.2. The Hall–Kier alpha value is -3.83. The molecule has 8 nitrogen and oxygen atoms in total. The van der Waals surface area contributed by atoms with E-state index < -0.39 is 22.8 Å². The van der Waals surface area contributed by atoms with Crippen molar-refractivity contribution in [3.05, 3.63) is 77.1 Å². The number of carbonyl (C=O) groups excluding carboxylic acids is 2. The summed E-state index contributed by atoms with van der Waals surface area (Å²) in [6.45, 7) is 0. The average Bonchev–Trinajstić information content (AvgIpc) is 2.75. The van der Waals surface area contributed by atoms with Gasteiger partial charge in [0.15, 0.2) is 0 Å². The predicted octanol–water partition coefficient (Wildman–Crippen LogP) is 4.73. The smallest absolute Gasteiger partial charge is 0.417 e. The highest BCUT2D eigenvalue weighted by Crippen LogP contribution is 2.36. The number of carbonyl (C=O) groups is 2. The van der Waals surface area contributed by atoms with Crippen LogP contribution in [-0.2, 0) is 6.18 Å². The molecule has 0 unspecified atom stereocenters. The van der Waals surface area contributed by atoms with Gasteiger partial charge in [-0.1, -0.05) is 11.6 Å². The van der Waals surface area contributed by atoms with Crippen molar-refractivity contribution in [1.29, 1.82) is 0 Å². The molecule has 3 aromatic rings. The van der Waals surface area contributed by atoms with Gasteiger partial charge in [0.1, 0.15) is 17.2 Å². The van der Waals surface area contributed by atoms with E-state index in [2.05, 4.69) is 20.9 Å². The lowest BCUT2D eigenvalue weighted by atomic mass is 10.2. The van der Waals surface area contributed by atoms with Gasteiger partial charge in [0.25, 0.3) is 5.91 Å². The van der Waals surface area contributed by atoms with Crippen LogP contribution in [0.4, 0.5) is 29.3 Å². The summed E-state index contributed by atoms with van der Waals surface area (Å²) in [7, 11) is 1.49. The van der Waals surface area contributed by atoms with Crippen LogP contribution in [0, 0.1) is 0 Å². The third kappa shape index (κ3) is 6.82. The maximum absolute atomic E-state index is 12.9. The molecule has 0 spiro atoms. The molecule has 0 saturated heterocycles. The van der Waals surface area contributed by atoms with Crippen LogP contribution >= 0.6 is 11.6 Å². The Morgan fingerprint density at radius 3 is 2.21 bits per heavy atom. The number of hydrogen-bond acceptors (Lipinski definition) is 4. The number of amides is 3. The van der Waals surface area contributed by atoms with Crippen molar-refractivity contribution in [3.63, 3.8) is 0 Å². The molecule has 0 saturated carbocycles. The highest BCUT2D eigenvalue weighted by atomic mass is 35.5. The molecule has 1 heterocycles. The standard InChI is InChI=1S/C21H16ClF3N4O3.H2O/c1-26-19(30)18-11-15(8-9-27-18)32-14-5-2-12(3-6-14)28-20(31)29-13-4-7-17(22)16(10-13)21(23,24)25;/h2-11H,1H3,(H,26,30)(H2,28,29,31);1H2. The van der Waals surface area contributed by atoms with E-state index in [0.717, 1.165) is 12.1 Å². The summed E-state index contributed by atoms with van der Waals surface area (Å²) in [5.74, 6) is 0.460. The zero-order chi connectivity index (χ0) is 23.3. The van der Waals surface area contributed by atoms with Crippen LogP contribution in [0.25, 0.3) is 0 Å². The molecule has 2 aromatic carbocycles. The van der Waals surface area contributed by atoms with Crippen LogP contribution in [0.5, 0.6) is 11.5 Å². The normalized spacial score (nSPS) is 10.6. The van der Waals surface area contributed by atoms with Crippen LogP contribution in [0.15, 0.2) is 60.8 Å². The summed E-state index contributed by atoms with van der Waals surface area (Å²) in [6, 6.07) is 11.6. The SMILES string of the molecule is CNC(=O)c1cc(Oc2ccc(NC(=O)Nc3ccc(Cl)c(C(F)(F)F)c3)cc2)ccn1.O. The lowest BCUT2D eigenvalue weighted by Crippen LogP contribution is -2.19. The largest absolute Gasteiger partial charge is 0.457 e. The molecule has 0 aliphatic rings. The van der Waals surface area contributed by atoms with Crippen LogP contribution in [0.2, 0.25) is 5.02 Å². The maximum atomic E-state index is 12.9. The second-order valence-electron chi connectivity index (χ2n) is 6.35. The number of benzene rings is 2. The van der Waals surface area contributed by atoms with Crippen LogP contribution < -0.4 is 20.7 Å². The van der Waals surface area contributed by atoms with Gasteiger partial charge in [-0.15, -0.1) is 0 Å². The molecule has 174 valence electrons. The Kier molecular flexibility index (Phi) is 8.21. The molecular formula is C21H18ClF3N4O4. The molecule has 0 aliphatic carbocycles. The molecule has 0 fully saturated rings.